The summed E-state index contributed by atoms with van der Waals surface area (Å²) in [5.74, 6) is 1.43. The number of carbonyl (C=O) groups excluding carboxylic acids is 1. The van der Waals surface area contributed by atoms with Gasteiger partial charge in [-0.2, -0.15) is 0 Å². The van der Waals surface area contributed by atoms with Crippen molar-refractivity contribution in [3.63, 3.8) is 0 Å². The van der Waals surface area contributed by atoms with E-state index in [-0.39, 0.29) is 5.91 Å². The maximum atomic E-state index is 13.0. The molecule has 0 aliphatic carbocycles. The molecule has 0 saturated heterocycles. The summed E-state index contributed by atoms with van der Waals surface area (Å²) in [4.78, 5) is 17.6. The SMILES string of the molecule is COc1cc(C(=O)Nc2cc(-c3nc4ccc(C)cc4o3)ccc2C)cc(OC)c1OC. The first-order valence-corrected chi connectivity index (χ1v) is 10.0. The van der Waals surface area contributed by atoms with Gasteiger partial charge in [0.1, 0.15) is 5.52 Å². The van der Waals surface area contributed by atoms with Crippen LogP contribution in [-0.2, 0) is 0 Å². The summed E-state index contributed by atoms with van der Waals surface area (Å²) >= 11 is 0. The number of oxazole rings is 1. The fourth-order valence-electron chi connectivity index (χ4n) is 3.45. The second-order valence-corrected chi connectivity index (χ2v) is 7.39. The predicted molar refractivity (Wildman–Crippen MR) is 123 cm³/mol. The van der Waals surface area contributed by atoms with Gasteiger partial charge in [-0.15, -0.1) is 0 Å². The lowest BCUT2D eigenvalue weighted by Gasteiger charge is -2.15. The highest BCUT2D eigenvalue weighted by Gasteiger charge is 2.18. The standard InChI is InChI=1S/C25H24N2O5/c1-14-6-9-18-20(10-14)32-25(27-18)16-8-7-15(2)19(11-16)26-24(28)17-12-21(29-3)23(31-5)22(13-17)30-4/h6-13H,1-5H3,(H,26,28). The highest BCUT2D eigenvalue weighted by molar-refractivity contribution is 6.05. The molecule has 0 unspecified atom stereocenters. The van der Waals surface area contributed by atoms with Crippen molar-refractivity contribution in [3.05, 3.63) is 65.2 Å². The fourth-order valence-corrected chi connectivity index (χ4v) is 3.45. The molecule has 32 heavy (non-hydrogen) atoms. The molecule has 3 aromatic carbocycles. The number of hydrogen-bond donors (Lipinski definition) is 1. The number of ether oxygens (including phenoxy) is 3. The van der Waals surface area contributed by atoms with Gasteiger partial charge in [0.25, 0.3) is 5.91 Å². The molecule has 0 aliphatic rings. The minimum Gasteiger partial charge on any atom is -0.493 e. The number of anilines is 1. The molecule has 4 rings (SSSR count). The van der Waals surface area contributed by atoms with Crippen LogP contribution in [0.1, 0.15) is 21.5 Å². The lowest BCUT2D eigenvalue weighted by molar-refractivity contribution is 0.102. The lowest BCUT2D eigenvalue weighted by atomic mass is 10.1. The van der Waals surface area contributed by atoms with Crippen LogP contribution in [0, 0.1) is 13.8 Å². The van der Waals surface area contributed by atoms with Gasteiger partial charge in [-0.3, -0.25) is 4.79 Å². The van der Waals surface area contributed by atoms with E-state index in [1.807, 2.05) is 50.2 Å². The Labute approximate surface area is 185 Å². The van der Waals surface area contributed by atoms with Gasteiger partial charge in [0.2, 0.25) is 11.6 Å². The summed E-state index contributed by atoms with van der Waals surface area (Å²) in [7, 11) is 4.53. The third kappa shape index (κ3) is 3.97. The Morgan fingerprint density at radius 3 is 2.28 bits per heavy atom. The zero-order valence-corrected chi connectivity index (χ0v) is 18.6. The van der Waals surface area contributed by atoms with Gasteiger partial charge in [-0.25, -0.2) is 4.98 Å². The maximum Gasteiger partial charge on any atom is 0.255 e. The van der Waals surface area contributed by atoms with E-state index in [1.165, 1.54) is 21.3 Å². The quantitative estimate of drug-likeness (QED) is 0.440. The van der Waals surface area contributed by atoms with Crippen LogP contribution in [0.25, 0.3) is 22.6 Å². The Morgan fingerprint density at radius 1 is 0.906 bits per heavy atom. The van der Waals surface area contributed by atoms with E-state index in [2.05, 4.69) is 10.3 Å². The van der Waals surface area contributed by atoms with Crippen LogP contribution in [0.2, 0.25) is 0 Å². The summed E-state index contributed by atoms with van der Waals surface area (Å²) in [5, 5.41) is 2.96. The van der Waals surface area contributed by atoms with Crippen molar-refractivity contribution in [2.45, 2.75) is 13.8 Å². The molecule has 1 N–H and O–H groups in total. The molecular formula is C25H24N2O5. The Morgan fingerprint density at radius 2 is 1.62 bits per heavy atom. The number of aromatic nitrogens is 1. The van der Waals surface area contributed by atoms with Crippen molar-refractivity contribution in [3.8, 4) is 28.7 Å². The first kappa shape index (κ1) is 21.2. The van der Waals surface area contributed by atoms with Crippen LogP contribution in [0.3, 0.4) is 0 Å². The van der Waals surface area contributed by atoms with E-state index in [9.17, 15) is 4.79 Å². The van der Waals surface area contributed by atoms with Gasteiger partial charge < -0.3 is 23.9 Å². The van der Waals surface area contributed by atoms with Crippen LogP contribution in [0.15, 0.2) is 52.9 Å². The summed E-state index contributed by atoms with van der Waals surface area (Å²) in [6.07, 6.45) is 0. The molecule has 0 bridgehead atoms. The topological polar surface area (TPSA) is 82.8 Å². The van der Waals surface area contributed by atoms with Crippen LogP contribution >= 0.6 is 0 Å². The molecule has 0 fully saturated rings. The Bertz CT molecular complexity index is 1280. The number of aryl methyl sites for hydroxylation is 2. The number of rotatable bonds is 6. The maximum absolute atomic E-state index is 13.0. The molecule has 7 heteroatoms. The van der Waals surface area contributed by atoms with Gasteiger partial charge in [0.05, 0.1) is 21.3 Å². The van der Waals surface area contributed by atoms with Crippen LogP contribution in [-0.4, -0.2) is 32.2 Å². The number of carbonyl (C=O) groups is 1. The monoisotopic (exact) mass is 432 g/mol. The zero-order valence-electron chi connectivity index (χ0n) is 18.6. The predicted octanol–water partition coefficient (Wildman–Crippen LogP) is 5.39. The molecule has 7 nitrogen and oxygen atoms in total. The Kier molecular flexibility index (Phi) is 5.73. The molecule has 0 saturated carbocycles. The third-order valence-electron chi connectivity index (χ3n) is 5.20. The summed E-state index contributed by atoms with van der Waals surface area (Å²) < 4.78 is 22.0. The lowest BCUT2D eigenvalue weighted by Crippen LogP contribution is -2.13. The van der Waals surface area contributed by atoms with E-state index >= 15 is 0 Å². The number of methoxy groups -OCH3 is 3. The van der Waals surface area contributed by atoms with Crippen LogP contribution in [0.5, 0.6) is 17.2 Å². The van der Waals surface area contributed by atoms with Crippen molar-refractivity contribution in [2.24, 2.45) is 0 Å². The minimum absolute atomic E-state index is 0.308. The first-order chi connectivity index (χ1) is 15.4. The molecular weight excluding hydrogens is 408 g/mol. The summed E-state index contributed by atoms with van der Waals surface area (Å²) in [5.41, 5.74) is 5.31. The second kappa shape index (κ2) is 8.63. The molecule has 0 atom stereocenters. The van der Waals surface area contributed by atoms with Gasteiger partial charge in [0, 0.05) is 16.8 Å². The van der Waals surface area contributed by atoms with Crippen LogP contribution < -0.4 is 19.5 Å². The van der Waals surface area contributed by atoms with E-state index in [0.29, 0.717) is 34.4 Å². The molecule has 4 aromatic rings. The number of fused-ring (bicyclic) bond motifs is 1. The highest BCUT2D eigenvalue weighted by Crippen LogP contribution is 2.38. The van der Waals surface area contributed by atoms with E-state index in [1.54, 1.807) is 12.1 Å². The van der Waals surface area contributed by atoms with E-state index < -0.39 is 0 Å². The van der Waals surface area contributed by atoms with Crippen molar-refractivity contribution in [1.82, 2.24) is 4.98 Å². The van der Waals surface area contributed by atoms with Gasteiger partial charge in [-0.1, -0.05) is 12.1 Å². The van der Waals surface area contributed by atoms with Gasteiger partial charge in [0.15, 0.2) is 17.1 Å². The first-order valence-electron chi connectivity index (χ1n) is 10.0. The van der Waals surface area contributed by atoms with E-state index in [4.69, 9.17) is 18.6 Å². The number of hydrogen-bond acceptors (Lipinski definition) is 6. The summed E-state index contributed by atoms with van der Waals surface area (Å²) in [6.45, 7) is 3.92. The highest BCUT2D eigenvalue weighted by atomic mass is 16.5. The zero-order chi connectivity index (χ0) is 22.8. The minimum atomic E-state index is -0.308. The smallest absolute Gasteiger partial charge is 0.255 e. The second-order valence-electron chi connectivity index (χ2n) is 7.39. The van der Waals surface area contributed by atoms with Gasteiger partial charge in [-0.05, 0) is 61.4 Å². The molecule has 1 heterocycles. The average Bonchev–Trinajstić information content (AvgIpc) is 3.22. The van der Waals surface area contributed by atoms with E-state index in [0.717, 1.165) is 27.8 Å². The fraction of sp³-hybridized carbons (Fsp3) is 0.200. The number of nitrogens with one attached hydrogen (secondary N) is 1. The number of nitrogens with zero attached hydrogens (tertiary/aromatic N) is 1. The van der Waals surface area contributed by atoms with Crippen molar-refractivity contribution < 1.29 is 23.4 Å². The van der Waals surface area contributed by atoms with Crippen molar-refractivity contribution >= 4 is 22.7 Å². The van der Waals surface area contributed by atoms with Gasteiger partial charge >= 0.3 is 0 Å². The molecule has 0 aliphatic heterocycles. The largest absolute Gasteiger partial charge is 0.493 e. The molecule has 164 valence electrons. The molecule has 1 aromatic heterocycles. The van der Waals surface area contributed by atoms with Crippen molar-refractivity contribution in [2.75, 3.05) is 26.6 Å². The molecule has 1 amide bonds. The van der Waals surface area contributed by atoms with Crippen molar-refractivity contribution in [1.29, 1.82) is 0 Å². The number of amides is 1. The normalized spacial score (nSPS) is 10.8. The number of benzene rings is 3. The third-order valence-corrected chi connectivity index (χ3v) is 5.20. The Balaban J connectivity index is 1.66. The van der Waals surface area contributed by atoms with Crippen LogP contribution in [0.4, 0.5) is 5.69 Å². The Hall–Kier alpha value is -4.00. The molecule has 0 radical (unpaired) electrons. The summed E-state index contributed by atoms with van der Waals surface area (Å²) in [6, 6.07) is 14.8. The molecule has 0 spiro atoms. The average molecular weight is 432 g/mol.